The number of aliphatic carboxylic acids is 2. The van der Waals surface area contributed by atoms with E-state index in [0.717, 1.165) is 38.5 Å². The van der Waals surface area contributed by atoms with Crippen molar-refractivity contribution >= 4 is 75.7 Å². The molecule has 4 atom stereocenters. The van der Waals surface area contributed by atoms with Crippen molar-refractivity contribution in [1.29, 1.82) is 0 Å². The predicted octanol–water partition coefficient (Wildman–Crippen LogP) is 2.41. The summed E-state index contributed by atoms with van der Waals surface area (Å²) in [7, 11) is 0. The number of carboxylic acid groups (broad SMARTS) is 2. The van der Waals surface area contributed by atoms with Crippen molar-refractivity contribution < 1.29 is 47.5 Å². The summed E-state index contributed by atoms with van der Waals surface area (Å²) in [5.41, 5.74) is 0. The van der Waals surface area contributed by atoms with Crippen LogP contribution in [0, 0.1) is 0 Å². The number of halogens is 4. The van der Waals surface area contributed by atoms with Crippen molar-refractivity contribution in [2.75, 3.05) is 0 Å². The average molecular weight is 771 g/mol. The number of hydrogen-bond acceptors (Lipinski definition) is 4. The zero-order valence-corrected chi connectivity index (χ0v) is 24.5. The molecule has 0 N–H and O–H groups in total. The molecule has 4 unspecified atom stereocenters. The van der Waals surface area contributed by atoms with Gasteiger partial charge in [0, 0.05) is 9.65 Å². The van der Waals surface area contributed by atoms with Gasteiger partial charge in [0.1, 0.15) is 0 Å². The molecule has 0 aromatic rings. The van der Waals surface area contributed by atoms with Crippen molar-refractivity contribution in [3.63, 3.8) is 0 Å². The zero-order chi connectivity index (χ0) is 17.0. The first-order valence-corrected chi connectivity index (χ1v) is 10.6. The van der Waals surface area contributed by atoms with Crippen molar-refractivity contribution in [1.82, 2.24) is 0 Å². The van der Waals surface area contributed by atoms with Gasteiger partial charge in [0.25, 0.3) is 0 Å². The SMILES string of the molecule is O=C([O-])C1(Br)CCCCC1Br.O=C([O-])C1(Br)CCCCC1Br.[Hg+2]. The molecule has 128 valence electrons. The van der Waals surface area contributed by atoms with Gasteiger partial charge in [-0.1, -0.05) is 89.4 Å². The third-order valence-electron chi connectivity index (χ3n) is 4.17. The predicted molar refractivity (Wildman–Crippen MR) is 95.7 cm³/mol. The van der Waals surface area contributed by atoms with E-state index in [-0.39, 0.29) is 37.3 Å². The molecule has 2 fully saturated rings. The van der Waals surface area contributed by atoms with Crippen LogP contribution in [-0.4, -0.2) is 30.2 Å². The monoisotopic (exact) mass is 768 g/mol. The van der Waals surface area contributed by atoms with E-state index in [1.54, 1.807) is 0 Å². The number of rotatable bonds is 2. The molecule has 0 saturated heterocycles. The first-order chi connectivity index (χ1) is 10.1. The molecule has 23 heavy (non-hydrogen) atoms. The Balaban J connectivity index is 0.000000403. The third-order valence-corrected chi connectivity index (χ3v) is 10.4. The molecule has 2 aliphatic carbocycles. The summed E-state index contributed by atoms with van der Waals surface area (Å²) in [4.78, 5) is 21.4. The van der Waals surface area contributed by atoms with Crippen LogP contribution in [0.5, 0.6) is 0 Å². The number of alkyl halides is 4. The van der Waals surface area contributed by atoms with Gasteiger partial charge in [0.15, 0.2) is 0 Å². The van der Waals surface area contributed by atoms with E-state index in [2.05, 4.69) is 63.7 Å². The van der Waals surface area contributed by atoms with Crippen LogP contribution in [0.1, 0.15) is 51.4 Å². The van der Waals surface area contributed by atoms with Crippen molar-refractivity contribution in [3.05, 3.63) is 0 Å². The Kier molecular flexibility index (Phi) is 11.7. The second kappa shape index (κ2) is 10.8. The van der Waals surface area contributed by atoms with Crippen molar-refractivity contribution in [2.24, 2.45) is 0 Å². The molecule has 0 aromatic heterocycles. The maximum absolute atomic E-state index is 10.7. The molecule has 0 aromatic carbocycles. The minimum Gasteiger partial charge on any atom is -0.549 e. The zero-order valence-electron chi connectivity index (χ0n) is 12.7. The standard InChI is InChI=1S/2C7H10Br2O2.Hg/c2*8-5-3-1-2-4-7(5,9)6(10)11;/h2*5H,1-4H2,(H,10,11);/q;;+2/p-2. The van der Waals surface area contributed by atoms with Gasteiger partial charge in [-0.3, -0.25) is 0 Å². The van der Waals surface area contributed by atoms with Crippen molar-refractivity contribution in [2.45, 2.75) is 69.7 Å². The number of carbonyl (C=O) groups is 2. The molecule has 2 aliphatic rings. The molecule has 0 heterocycles. The molecule has 4 nitrogen and oxygen atoms in total. The van der Waals surface area contributed by atoms with Crippen LogP contribution in [0.3, 0.4) is 0 Å². The molecule has 0 bridgehead atoms. The van der Waals surface area contributed by atoms with Gasteiger partial charge < -0.3 is 19.8 Å². The average Bonchev–Trinajstić information content (AvgIpc) is 2.46. The molecule has 0 amide bonds. The Bertz CT molecular complexity index is 388. The van der Waals surface area contributed by atoms with Crippen LogP contribution < -0.4 is 10.2 Å². The normalized spacial score (nSPS) is 36.9. The van der Waals surface area contributed by atoms with Gasteiger partial charge in [-0.15, -0.1) is 0 Å². The number of carbonyl (C=O) groups excluding carboxylic acids is 2. The number of hydrogen-bond donors (Lipinski definition) is 0. The summed E-state index contributed by atoms with van der Waals surface area (Å²) in [6.45, 7) is 0. The van der Waals surface area contributed by atoms with Gasteiger partial charge in [-0.25, -0.2) is 0 Å². The van der Waals surface area contributed by atoms with E-state index >= 15 is 0 Å². The Morgan fingerprint density at radius 1 is 0.783 bits per heavy atom. The second-order valence-corrected chi connectivity index (χ2v) is 10.8. The first kappa shape index (κ1) is 24.8. The van der Waals surface area contributed by atoms with E-state index in [1.165, 1.54) is 0 Å². The van der Waals surface area contributed by atoms with Gasteiger partial charge in [0.05, 0.1) is 20.6 Å². The van der Waals surface area contributed by atoms with Crippen LogP contribution >= 0.6 is 63.7 Å². The summed E-state index contributed by atoms with van der Waals surface area (Å²) >= 11 is 13.1. The Labute approximate surface area is 190 Å². The molecule has 0 radical (unpaired) electrons. The summed E-state index contributed by atoms with van der Waals surface area (Å²) in [5, 5.41) is 21.4. The van der Waals surface area contributed by atoms with Crippen LogP contribution in [-0.2, 0) is 37.3 Å². The number of carboxylic acids is 2. The van der Waals surface area contributed by atoms with Crippen molar-refractivity contribution in [3.8, 4) is 0 Å². The Morgan fingerprint density at radius 3 is 1.26 bits per heavy atom. The van der Waals surface area contributed by atoms with Crippen LogP contribution in [0.4, 0.5) is 0 Å². The minimum atomic E-state index is -1.00. The summed E-state index contributed by atoms with van der Waals surface area (Å²) in [6, 6.07) is 0. The third kappa shape index (κ3) is 6.47. The fraction of sp³-hybridized carbons (Fsp3) is 0.857. The van der Waals surface area contributed by atoms with Gasteiger partial charge in [0.2, 0.25) is 0 Å². The molecule has 0 spiro atoms. The Morgan fingerprint density at radius 2 is 1.09 bits per heavy atom. The summed E-state index contributed by atoms with van der Waals surface area (Å²) in [5.74, 6) is -2.00. The molecule has 2 saturated carbocycles. The van der Waals surface area contributed by atoms with E-state index in [4.69, 9.17) is 0 Å². The second-order valence-electron chi connectivity index (χ2n) is 5.73. The van der Waals surface area contributed by atoms with E-state index in [1.807, 2.05) is 0 Å². The largest absolute Gasteiger partial charge is 2.00 e. The van der Waals surface area contributed by atoms with Gasteiger partial charge >= 0.3 is 27.7 Å². The Hall–Kier alpha value is 1.80. The van der Waals surface area contributed by atoms with Crippen LogP contribution in [0.25, 0.3) is 0 Å². The molecular formula is C14H18Br4HgO4. The smallest absolute Gasteiger partial charge is 0.549 e. The fourth-order valence-corrected chi connectivity index (χ4v) is 5.14. The minimum absolute atomic E-state index is 0. The maximum Gasteiger partial charge on any atom is 2.00 e. The molecule has 0 aliphatic heterocycles. The molecular weight excluding hydrogens is 752 g/mol. The summed E-state index contributed by atoms with van der Waals surface area (Å²) < 4.78 is -1.66. The molecule has 9 heteroatoms. The quantitative estimate of drug-likeness (QED) is 0.320. The van der Waals surface area contributed by atoms with E-state index in [9.17, 15) is 19.8 Å². The topological polar surface area (TPSA) is 80.3 Å². The van der Waals surface area contributed by atoms with E-state index in [0.29, 0.717) is 12.8 Å². The fourth-order valence-electron chi connectivity index (χ4n) is 2.64. The maximum atomic E-state index is 10.7. The first-order valence-electron chi connectivity index (χ1n) is 7.23. The van der Waals surface area contributed by atoms with Crippen LogP contribution in [0.2, 0.25) is 0 Å². The van der Waals surface area contributed by atoms with Crippen LogP contribution in [0.15, 0.2) is 0 Å². The van der Waals surface area contributed by atoms with Gasteiger partial charge in [-0.2, -0.15) is 0 Å². The summed E-state index contributed by atoms with van der Waals surface area (Å²) in [6.07, 6.45) is 7.23. The van der Waals surface area contributed by atoms with E-state index < -0.39 is 20.6 Å². The molecule has 2 rings (SSSR count). The van der Waals surface area contributed by atoms with Gasteiger partial charge in [-0.05, 0) is 25.7 Å².